The van der Waals surface area contributed by atoms with Crippen LogP contribution in [0.1, 0.15) is 32.6 Å². The van der Waals surface area contributed by atoms with Gasteiger partial charge in [0.15, 0.2) is 11.6 Å². The van der Waals surface area contributed by atoms with Crippen molar-refractivity contribution in [2.75, 3.05) is 0 Å². The van der Waals surface area contributed by atoms with E-state index >= 15 is 0 Å². The molecular formula is C31H22O2. The summed E-state index contributed by atoms with van der Waals surface area (Å²) in [7, 11) is 0. The van der Waals surface area contributed by atoms with Crippen molar-refractivity contribution in [3.8, 4) is 0 Å². The number of hydrogen-bond donors (Lipinski definition) is 0. The van der Waals surface area contributed by atoms with Crippen molar-refractivity contribution in [2.45, 2.75) is 6.42 Å². The molecule has 0 saturated heterocycles. The third kappa shape index (κ3) is 4.11. The van der Waals surface area contributed by atoms with Crippen LogP contribution < -0.4 is 0 Å². The molecule has 0 saturated carbocycles. The molecule has 0 heterocycles. The summed E-state index contributed by atoms with van der Waals surface area (Å²) in [5.41, 5.74) is 6.09. The number of rotatable bonds is 6. The van der Waals surface area contributed by atoms with Gasteiger partial charge in [-0.25, -0.2) is 0 Å². The van der Waals surface area contributed by atoms with Gasteiger partial charge in [-0.05, 0) is 28.3 Å². The molecule has 0 N–H and O–H groups in total. The van der Waals surface area contributed by atoms with Crippen molar-refractivity contribution in [2.24, 2.45) is 0 Å². The van der Waals surface area contributed by atoms with Crippen LogP contribution in [-0.2, 0) is 11.2 Å². The molecule has 0 bridgehead atoms. The quantitative estimate of drug-likeness (QED) is 0.254. The molecule has 33 heavy (non-hydrogen) atoms. The molecule has 0 aliphatic heterocycles. The van der Waals surface area contributed by atoms with E-state index in [9.17, 15) is 9.59 Å². The molecule has 2 nitrogen and oxygen atoms in total. The molecule has 0 aromatic heterocycles. The van der Waals surface area contributed by atoms with Gasteiger partial charge >= 0.3 is 0 Å². The topological polar surface area (TPSA) is 34.1 Å². The highest BCUT2D eigenvalue weighted by molar-refractivity contribution is 6.37. The van der Waals surface area contributed by atoms with Crippen LogP contribution >= 0.6 is 0 Å². The van der Waals surface area contributed by atoms with Crippen LogP contribution in [0, 0.1) is 0 Å². The fourth-order valence-corrected chi connectivity index (χ4v) is 4.34. The van der Waals surface area contributed by atoms with Gasteiger partial charge in [0, 0.05) is 28.7 Å². The van der Waals surface area contributed by atoms with E-state index in [4.69, 9.17) is 0 Å². The first-order valence-corrected chi connectivity index (χ1v) is 11.0. The second-order valence-corrected chi connectivity index (χ2v) is 8.04. The Balaban J connectivity index is 1.72. The zero-order chi connectivity index (χ0) is 22.6. The molecule has 5 rings (SSSR count). The summed E-state index contributed by atoms with van der Waals surface area (Å²) in [5, 5.41) is 0. The number of allylic oxidation sites excluding steroid dienone is 3. The van der Waals surface area contributed by atoms with Gasteiger partial charge in [-0.2, -0.15) is 0 Å². The first-order chi connectivity index (χ1) is 16.2. The lowest BCUT2D eigenvalue weighted by Gasteiger charge is -2.16. The molecule has 0 fully saturated rings. The van der Waals surface area contributed by atoms with Gasteiger partial charge in [0.1, 0.15) is 0 Å². The Kier molecular flexibility index (Phi) is 5.65. The van der Waals surface area contributed by atoms with Crippen LogP contribution in [0.4, 0.5) is 0 Å². The van der Waals surface area contributed by atoms with Gasteiger partial charge in [0.2, 0.25) is 0 Å². The van der Waals surface area contributed by atoms with Crippen LogP contribution in [0.5, 0.6) is 0 Å². The van der Waals surface area contributed by atoms with E-state index < -0.39 is 0 Å². The summed E-state index contributed by atoms with van der Waals surface area (Å²) in [6.45, 7) is 0. The fraction of sp³-hybridized carbons (Fsp3) is 0.0323. The van der Waals surface area contributed by atoms with E-state index in [-0.39, 0.29) is 18.0 Å². The predicted molar refractivity (Wildman–Crippen MR) is 134 cm³/mol. The lowest BCUT2D eigenvalue weighted by Crippen LogP contribution is -2.11. The van der Waals surface area contributed by atoms with Gasteiger partial charge < -0.3 is 0 Å². The normalized spacial score (nSPS) is 13.8. The van der Waals surface area contributed by atoms with E-state index in [0.717, 1.165) is 22.3 Å². The lowest BCUT2D eigenvalue weighted by molar-refractivity contribution is -0.113. The number of Topliss-reactive ketones (excluding diaryl/α,β-unsaturated/α-hetero) is 2. The Morgan fingerprint density at radius 3 is 1.79 bits per heavy atom. The van der Waals surface area contributed by atoms with Crippen molar-refractivity contribution in [1.82, 2.24) is 0 Å². The third-order valence-electron chi connectivity index (χ3n) is 5.88. The molecule has 0 spiro atoms. The van der Waals surface area contributed by atoms with E-state index in [2.05, 4.69) is 0 Å². The summed E-state index contributed by atoms with van der Waals surface area (Å²) >= 11 is 0. The second-order valence-electron chi connectivity index (χ2n) is 8.04. The van der Waals surface area contributed by atoms with Crippen molar-refractivity contribution in [3.05, 3.63) is 149 Å². The van der Waals surface area contributed by atoms with E-state index in [1.807, 2.05) is 121 Å². The van der Waals surface area contributed by atoms with Gasteiger partial charge in [0.25, 0.3) is 0 Å². The summed E-state index contributed by atoms with van der Waals surface area (Å²) in [6.07, 6.45) is 2.18. The Hall–Kier alpha value is -4.30. The molecule has 158 valence electrons. The maximum Gasteiger partial charge on any atom is 0.193 e. The monoisotopic (exact) mass is 426 g/mol. The van der Waals surface area contributed by atoms with E-state index in [1.165, 1.54) is 0 Å². The van der Waals surface area contributed by atoms with Gasteiger partial charge in [-0.1, -0.05) is 115 Å². The molecule has 0 unspecified atom stereocenters. The SMILES string of the molecule is O=C(Cc1ccccc1)/C(=C1/C(C(=O)c2ccccc2)=Cc2ccccc21)c1ccccc1. The predicted octanol–water partition coefficient (Wildman–Crippen LogP) is 6.69. The Bertz CT molecular complexity index is 1380. The van der Waals surface area contributed by atoms with Crippen molar-refractivity contribution in [1.29, 1.82) is 0 Å². The third-order valence-corrected chi connectivity index (χ3v) is 5.88. The molecular weight excluding hydrogens is 404 g/mol. The van der Waals surface area contributed by atoms with Gasteiger partial charge in [0.05, 0.1) is 0 Å². The number of hydrogen-bond acceptors (Lipinski definition) is 2. The molecule has 2 heteroatoms. The van der Waals surface area contributed by atoms with Crippen LogP contribution in [0.2, 0.25) is 0 Å². The maximum absolute atomic E-state index is 13.8. The Labute approximate surface area is 193 Å². The summed E-state index contributed by atoms with van der Waals surface area (Å²) < 4.78 is 0. The van der Waals surface area contributed by atoms with Crippen LogP contribution in [0.25, 0.3) is 17.2 Å². The fourth-order valence-electron chi connectivity index (χ4n) is 4.34. The number of carbonyl (C=O) groups is 2. The number of fused-ring (bicyclic) bond motifs is 1. The smallest absolute Gasteiger partial charge is 0.193 e. The lowest BCUT2D eigenvalue weighted by atomic mass is 9.86. The minimum atomic E-state index is -0.0808. The van der Waals surface area contributed by atoms with Crippen molar-refractivity contribution in [3.63, 3.8) is 0 Å². The minimum absolute atomic E-state index is 0.00846. The van der Waals surface area contributed by atoms with Crippen LogP contribution in [0.15, 0.2) is 121 Å². The summed E-state index contributed by atoms with van der Waals surface area (Å²) in [5.74, 6) is -0.0893. The van der Waals surface area contributed by atoms with Gasteiger partial charge in [-0.15, -0.1) is 0 Å². The average molecular weight is 427 g/mol. The molecule has 1 aliphatic rings. The molecule has 4 aromatic carbocycles. The van der Waals surface area contributed by atoms with Crippen molar-refractivity contribution < 1.29 is 9.59 Å². The average Bonchev–Trinajstić information content (AvgIpc) is 3.25. The molecule has 0 atom stereocenters. The summed E-state index contributed by atoms with van der Waals surface area (Å²) in [6, 6.07) is 36.5. The standard InChI is InChI=1S/C31H22O2/c32-28(20-22-12-4-1-5-13-22)29(23-14-6-2-7-15-23)30-26-19-11-10-18-25(26)21-27(30)31(33)24-16-8-3-9-17-24/h1-19,21H,20H2/b30-29+. The van der Waals surface area contributed by atoms with Gasteiger partial charge in [-0.3, -0.25) is 9.59 Å². The molecule has 1 aliphatic carbocycles. The van der Waals surface area contributed by atoms with E-state index in [0.29, 0.717) is 22.3 Å². The Morgan fingerprint density at radius 2 is 1.12 bits per heavy atom. The first-order valence-electron chi connectivity index (χ1n) is 11.0. The maximum atomic E-state index is 13.8. The highest BCUT2D eigenvalue weighted by Gasteiger charge is 2.30. The highest BCUT2D eigenvalue weighted by atomic mass is 16.1. The largest absolute Gasteiger partial charge is 0.294 e. The van der Waals surface area contributed by atoms with Crippen LogP contribution in [-0.4, -0.2) is 11.6 Å². The molecule has 0 radical (unpaired) electrons. The van der Waals surface area contributed by atoms with Crippen molar-refractivity contribution >= 4 is 28.8 Å². The highest BCUT2D eigenvalue weighted by Crippen LogP contribution is 2.42. The van der Waals surface area contributed by atoms with Crippen LogP contribution in [0.3, 0.4) is 0 Å². The number of ketones is 2. The number of carbonyl (C=O) groups excluding carboxylic acids is 2. The molecule has 4 aromatic rings. The van der Waals surface area contributed by atoms with E-state index in [1.54, 1.807) is 0 Å². The second kappa shape index (κ2) is 9.05. The number of benzene rings is 4. The Morgan fingerprint density at radius 1 is 0.576 bits per heavy atom. The first kappa shape index (κ1) is 20.6. The zero-order valence-corrected chi connectivity index (χ0v) is 18.1. The minimum Gasteiger partial charge on any atom is -0.294 e. The summed E-state index contributed by atoms with van der Waals surface area (Å²) in [4.78, 5) is 27.4. The molecule has 0 amide bonds. The zero-order valence-electron chi connectivity index (χ0n) is 18.1.